The highest BCUT2D eigenvalue weighted by atomic mass is 16.5. The fourth-order valence-electron chi connectivity index (χ4n) is 3.78. The van der Waals surface area contributed by atoms with E-state index in [1.807, 2.05) is 24.3 Å². The molecule has 140 valence electrons. The molecule has 0 unspecified atom stereocenters. The molecule has 1 N–H and O–H groups in total. The molecule has 0 saturated carbocycles. The Labute approximate surface area is 160 Å². The van der Waals surface area contributed by atoms with Crippen molar-refractivity contribution >= 4 is 11.6 Å². The van der Waals surface area contributed by atoms with E-state index >= 15 is 0 Å². The Bertz CT molecular complexity index is 848. The summed E-state index contributed by atoms with van der Waals surface area (Å²) in [6.45, 7) is 4.90. The number of likely N-dealkylation sites (tertiary alicyclic amines) is 1. The maximum atomic E-state index is 12.5. The Morgan fingerprint density at radius 2 is 1.74 bits per heavy atom. The summed E-state index contributed by atoms with van der Waals surface area (Å²) in [7, 11) is 1.63. The van der Waals surface area contributed by atoms with Crippen LogP contribution in [0.15, 0.2) is 53.5 Å². The molecule has 2 aromatic rings. The van der Waals surface area contributed by atoms with E-state index in [-0.39, 0.29) is 5.91 Å². The molecule has 0 aromatic heterocycles. The third-order valence-electron chi connectivity index (χ3n) is 5.46. The van der Waals surface area contributed by atoms with Crippen LogP contribution in [0.5, 0.6) is 5.75 Å². The van der Waals surface area contributed by atoms with Crippen molar-refractivity contribution in [3.05, 3.63) is 65.2 Å². The van der Waals surface area contributed by atoms with Crippen LogP contribution in [0, 0.1) is 6.92 Å². The van der Waals surface area contributed by atoms with Crippen LogP contribution >= 0.6 is 0 Å². The van der Waals surface area contributed by atoms with Crippen molar-refractivity contribution in [3.63, 3.8) is 0 Å². The van der Waals surface area contributed by atoms with Gasteiger partial charge in [-0.25, -0.2) is 0 Å². The normalized spacial score (nSPS) is 19.0. The molecule has 4 rings (SSSR count). The van der Waals surface area contributed by atoms with Gasteiger partial charge in [0.2, 0.25) is 0 Å². The Morgan fingerprint density at radius 1 is 1.07 bits per heavy atom. The van der Waals surface area contributed by atoms with Gasteiger partial charge < -0.3 is 10.1 Å². The van der Waals surface area contributed by atoms with Gasteiger partial charge in [0.05, 0.1) is 7.11 Å². The summed E-state index contributed by atoms with van der Waals surface area (Å²) in [5.41, 5.74) is 3.53. The zero-order chi connectivity index (χ0) is 18.9. The van der Waals surface area contributed by atoms with Gasteiger partial charge in [-0.15, -0.1) is 0 Å². The number of ether oxygens (including phenoxy) is 1. The number of carbonyl (C=O) groups excluding carboxylic acids is 1. The Kier molecular flexibility index (Phi) is 4.70. The number of aryl methyl sites for hydroxylation is 1. The van der Waals surface area contributed by atoms with Crippen LogP contribution in [-0.4, -0.2) is 42.4 Å². The average molecular weight is 363 g/mol. The summed E-state index contributed by atoms with van der Waals surface area (Å²) in [5.74, 6) is 0.698. The van der Waals surface area contributed by atoms with Gasteiger partial charge in [-0.3, -0.25) is 14.7 Å². The molecule has 2 aromatic carbocycles. The van der Waals surface area contributed by atoms with Crippen molar-refractivity contribution in [3.8, 4) is 5.75 Å². The van der Waals surface area contributed by atoms with E-state index in [1.54, 1.807) is 7.11 Å². The molecule has 0 bridgehead atoms. The molecule has 1 saturated heterocycles. The van der Waals surface area contributed by atoms with E-state index < -0.39 is 5.66 Å². The van der Waals surface area contributed by atoms with Crippen molar-refractivity contribution in [2.45, 2.75) is 32.0 Å². The fraction of sp³-hybridized carbons (Fsp3) is 0.364. The topological polar surface area (TPSA) is 53.9 Å². The second kappa shape index (κ2) is 7.16. The molecule has 2 aliphatic rings. The lowest BCUT2D eigenvalue weighted by Crippen LogP contribution is -2.50. The first-order chi connectivity index (χ1) is 13.1. The van der Waals surface area contributed by atoms with E-state index in [4.69, 9.17) is 9.73 Å². The van der Waals surface area contributed by atoms with Crippen LogP contribution in [-0.2, 0) is 11.3 Å². The number of piperidine rings is 1. The minimum atomic E-state index is -0.448. The molecule has 0 atom stereocenters. The fourth-order valence-corrected chi connectivity index (χ4v) is 3.78. The average Bonchev–Trinajstić information content (AvgIpc) is 3.01. The molecule has 1 amide bonds. The van der Waals surface area contributed by atoms with Gasteiger partial charge in [-0.1, -0.05) is 29.8 Å². The predicted molar refractivity (Wildman–Crippen MR) is 106 cm³/mol. The predicted octanol–water partition coefficient (Wildman–Crippen LogP) is 2.91. The number of carbonyl (C=O) groups is 1. The SMILES string of the molecule is COc1ccc(C2=NC3(CCN(Cc4ccc(C)cc4)CC3)NC2=O)cc1. The molecule has 5 heteroatoms. The van der Waals surface area contributed by atoms with Crippen molar-refractivity contribution in [1.29, 1.82) is 0 Å². The van der Waals surface area contributed by atoms with E-state index in [2.05, 4.69) is 41.4 Å². The molecule has 1 spiro atoms. The van der Waals surface area contributed by atoms with Gasteiger partial charge >= 0.3 is 0 Å². The number of nitrogens with zero attached hydrogens (tertiary/aromatic N) is 2. The van der Waals surface area contributed by atoms with Gasteiger partial charge in [-0.2, -0.15) is 0 Å². The highest BCUT2D eigenvalue weighted by molar-refractivity contribution is 6.46. The van der Waals surface area contributed by atoms with Crippen molar-refractivity contribution in [1.82, 2.24) is 10.2 Å². The third kappa shape index (κ3) is 3.74. The molecule has 0 radical (unpaired) electrons. The van der Waals surface area contributed by atoms with E-state index in [9.17, 15) is 4.79 Å². The van der Waals surface area contributed by atoms with Gasteiger partial charge in [0.25, 0.3) is 5.91 Å². The van der Waals surface area contributed by atoms with Crippen LogP contribution in [0.25, 0.3) is 0 Å². The first kappa shape index (κ1) is 17.7. The summed E-state index contributed by atoms with van der Waals surface area (Å²) in [6.07, 6.45) is 1.68. The Morgan fingerprint density at radius 3 is 2.37 bits per heavy atom. The van der Waals surface area contributed by atoms with Crippen molar-refractivity contribution < 1.29 is 9.53 Å². The number of aliphatic imine (C=N–C) groups is 1. The lowest BCUT2D eigenvalue weighted by molar-refractivity contribution is -0.115. The van der Waals surface area contributed by atoms with E-state index in [0.717, 1.165) is 43.8 Å². The summed E-state index contributed by atoms with van der Waals surface area (Å²) < 4.78 is 5.19. The lowest BCUT2D eigenvalue weighted by atomic mass is 9.97. The van der Waals surface area contributed by atoms with Gasteiger partial charge in [0.1, 0.15) is 17.1 Å². The maximum Gasteiger partial charge on any atom is 0.272 e. The Balaban J connectivity index is 1.43. The number of benzene rings is 2. The zero-order valence-corrected chi connectivity index (χ0v) is 15.9. The number of hydrogen-bond acceptors (Lipinski definition) is 4. The zero-order valence-electron chi connectivity index (χ0n) is 15.9. The number of methoxy groups -OCH3 is 1. The lowest BCUT2D eigenvalue weighted by Gasteiger charge is -2.37. The van der Waals surface area contributed by atoms with Gasteiger partial charge in [-0.05, 0) is 36.8 Å². The molecule has 2 aliphatic heterocycles. The molecule has 0 aliphatic carbocycles. The number of rotatable bonds is 4. The van der Waals surface area contributed by atoms with Crippen molar-refractivity contribution in [2.24, 2.45) is 4.99 Å². The van der Waals surface area contributed by atoms with Crippen LogP contribution < -0.4 is 10.1 Å². The Hall–Kier alpha value is -2.66. The molecule has 5 nitrogen and oxygen atoms in total. The summed E-state index contributed by atoms with van der Waals surface area (Å²) >= 11 is 0. The number of hydrogen-bond donors (Lipinski definition) is 1. The standard InChI is InChI=1S/C22H25N3O2/c1-16-3-5-17(6-4-16)15-25-13-11-22(12-14-25)23-20(21(26)24-22)18-7-9-19(27-2)10-8-18/h3-10H,11-15H2,1-2H3,(H,24,26). The third-order valence-corrected chi connectivity index (χ3v) is 5.46. The first-order valence-corrected chi connectivity index (χ1v) is 9.42. The maximum absolute atomic E-state index is 12.5. The largest absolute Gasteiger partial charge is 0.497 e. The smallest absolute Gasteiger partial charge is 0.272 e. The minimum Gasteiger partial charge on any atom is -0.497 e. The second-order valence-electron chi connectivity index (χ2n) is 7.44. The first-order valence-electron chi connectivity index (χ1n) is 9.42. The summed E-state index contributed by atoms with van der Waals surface area (Å²) in [5, 5.41) is 3.14. The highest BCUT2D eigenvalue weighted by Gasteiger charge is 2.42. The van der Waals surface area contributed by atoms with Gasteiger partial charge in [0, 0.05) is 38.0 Å². The quantitative estimate of drug-likeness (QED) is 0.909. The molecule has 2 heterocycles. The number of amides is 1. The number of nitrogens with one attached hydrogen (secondary N) is 1. The molecule has 27 heavy (non-hydrogen) atoms. The van der Waals surface area contributed by atoms with Crippen LogP contribution in [0.4, 0.5) is 0 Å². The summed E-state index contributed by atoms with van der Waals surface area (Å²) in [6, 6.07) is 16.2. The molecular weight excluding hydrogens is 338 g/mol. The molecule has 1 fully saturated rings. The molecular formula is C22H25N3O2. The van der Waals surface area contributed by atoms with Crippen molar-refractivity contribution in [2.75, 3.05) is 20.2 Å². The van der Waals surface area contributed by atoms with Crippen LogP contribution in [0.3, 0.4) is 0 Å². The van der Waals surface area contributed by atoms with Crippen LogP contribution in [0.1, 0.15) is 29.5 Å². The van der Waals surface area contributed by atoms with Crippen LogP contribution in [0.2, 0.25) is 0 Å². The monoisotopic (exact) mass is 363 g/mol. The highest BCUT2D eigenvalue weighted by Crippen LogP contribution is 2.29. The van der Waals surface area contributed by atoms with E-state index in [1.165, 1.54) is 11.1 Å². The van der Waals surface area contributed by atoms with E-state index in [0.29, 0.717) is 5.71 Å². The minimum absolute atomic E-state index is 0.0767. The summed E-state index contributed by atoms with van der Waals surface area (Å²) in [4.78, 5) is 19.8. The second-order valence-corrected chi connectivity index (χ2v) is 7.44. The van der Waals surface area contributed by atoms with Gasteiger partial charge in [0.15, 0.2) is 0 Å².